The zero-order valence-corrected chi connectivity index (χ0v) is 10.9. The Labute approximate surface area is 111 Å². The summed E-state index contributed by atoms with van der Waals surface area (Å²) in [5.74, 6) is 2.64. The minimum Gasteiger partial charge on any atom is -0.348 e. The molecule has 3 rings (SSSR count). The van der Waals surface area contributed by atoms with Gasteiger partial charge in [-0.05, 0) is 30.5 Å². The molecule has 0 radical (unpaired) electrons. The maximum atomic E-state index is 5.36. The quantitative estimate of drug-likeness (QED) is 0.764. The van der Waals surface area contributed by atoms with Gasteiger partial charge in [0, 0.05) is 24.8 Å². The van der Waals surface area contributed by atoms with Gasteiger partial charge in [0.05, 0.1) is 4.88 Å². The van der Waals surface area contributed by atoms with E-state index in [4.69, 9.17) is 6.42 Å². The van der Waals surface area contributed by atoms with Crippen LogP contribution in [0, 0.1) is 12.3 Å². The first kappa shape index (κ1) is 11.3. The Hall–Kier alpha value is -1.79. The molecule has 0 saturated carbocycles. The van der Waals surface area contributed by atoms with E-state index in [0.29, 0.717) is 0 Å². The normalized spacial score (nSPS) is 14.7. The van der Waals surface area contributed by atoms with Crippen LogP contribution in [0.5, 0.6) is 0 Å². The third-order valence-corrected chi connectivity index (χ3v) is 4.31. The van der Waals surface area contributed by atoms with E-state index in [1.165, 1.54) is 23.3 Å². The van der Waals surface area contributed by atoms with Gasteiger partial charge in [0.1, 0.15) is 0 Å². The number of terminal acetylenes is 1. The highest BCUT2D eigenvalue weighted by molar-refractivity contribution is 7.18. The van der Waals surface area contributed by atoms with Crippen molar-refractivity contribution in [2.24, 2.45) is 0 Å². The fourth-order valence-electron chi connectivity index (χ4n) is 2.18. The molecule has 0 unspecified atom stereocenters. The van der Waals surface area contributed by atoms with Gasteiger partial charge in [-0.15, -0.1) is 6.42 Å². The molecule has 2 heterocycles. The van der Waals surface area contributed by atoms with Gasteiger partial charge in [-0.25, -0.2) is 4.98 Å². The van der Waals surface area contributed by atoms with Crippen LogP contribution < -0.4 is 4.90 Å². The predicted molar refractivity (Wildman–Crippen MR) is 76.9 cm³/mol. The zero-order valence-electron chi connectivity index (χ0n) is 10.1. The second-order valence-corrected chi connectivity index (χ2v) is 5.43. The Balaban J connectivity index is 1.85. The average molecular weight is 254 g/mol. The summed E-state index contributed by atoms with van der Waals surface area (Å²) in [4.78, 5) is 8.10. The molecule has 0 atom stereocenters. The molecule has 0 bridgehead atoms. The number of aromatic nitrogens is 1. The van der Waals surface area contributed by atoms with Crippen molar-refractivity contribution in [3.63, 3.8) is 0 Å². The molecule has 18 heavy (non-hydrogen) atoms. The van der Waals surface area contributed by atoms with Gasteiger partial charge in [0.25, 0.3) is 0 Å². The van der Waals surface area contributed by atoms with Gasteiger partial charge < -0.3 is 4.90 Å². The number of benzene rings is 1. The standard InChI is InChI=1S/C15H14N2S/c1-2-12-5-7-13(8-6-12)14-11-16-15(18-14)17-9-3-4-10-17/h1,5-8,11H,3-4,9-10H2. The van der Waals surface area contributed by atoms with E-state index in [-0.39, 0.29) is 0 Å². The van der Waals surface area contributed by atoms with Gasteiger partial charge >= 0.3 is 0 Å². The molecule has 1 aromatic heterocycles. The molecule has 3 heteroatoms. The fourth-order valence-corrected chi connectivity index (χ4v) is 3.16. The second kappa shape index (κ2) is 4.83. The van der Waals surface area contributed by atoms with Gasteiger partial charge in [0.2, 0.25) is 0 Å². The Bertz CT molecular complexity index is 571. The van der Waals surface area contributed by atoms with Crippen LogP contribution in [0.2, 0.25) is 0 Å². The van der Waals surface area contributed by atoms with Crippen molar-refractivity contribution in [3.8, 4) is 22.8 Å². The number of anilines is 1. The van der Waals surface area contributed by atoms with Crippen LogP contribution >= 0.6 is 11.3 Å². The highest BCUT2D eigenvalue weighted by atomic mass is 32.1. The van der Waals surface area contributed by atoms with Crippen molar-refractivity contribution in [2.45, 2.75) is 12.8 Å². The molecule has 0 aliphatic carbocycles. The van der Waals surface area contributed by atoms with E-state index in [2.05, 4.69) is 27.9 Å². The first-order valence-electron chi connectivity index (χ1n) is 6.14. The molecular formula is C15H14N2S. The summed E-state index contributed by atoms with van der Waals surface area (Å²) in [5.41, 5.74) is 2.11. The lowest BCUT2D eigenvalue weighted by Gasteiger charge is -2.12. The van der Waals surface area contributed by atoms with Crippen molar-refractivity contribution >= 4 is 16.5 Å². The molecule has 0 spiro atoms. The molecule has 1 aliphatic rings. The highest BCUT2D eigenvalue weighted by Gasteiger charge is 2.15. The van der Waals surface area contributed by atoms with Crippen molar-refractivity contribution in [2.75, 3.05) is 18.0 Å². The van der Waals surface area contributed by atoms with Crippen LogP contribution in [-0.2, 0) is 0 Å². The third kappa shape index (κ3) is 2.12. The third-order valence-electron chi connectivity index (χ3n) is 3.21. The molecule has 90 valence electrons. The highest BCUT2D eigenvalue weighted by Crippen LogP contribution is 2.32. The monoisotopic (exact) mass is 254 g/mol. The van der Waals surface area contributed by atoms with Crippen LogP contribution in [-0.4, -0.2) is 18.1 Å². The van der Waals surface area contributed by atoms with Crippen LogP contribution in [0.3, 0.4) is 0 Å². The maximum Gasteiger partial charge on any atom is 0.185 e. The van der Waals surface area contributed by atoms with Crippen molar-refractivity contribution in [3.05, 3.63) is 36.0 Å². The minimum absolute atomic E-state index is 0.919. The zero-order chi connectivity index (χ0) is 12.4. The molecule has 1 aliphatic heterocycles. The minimum atomic E-state index is 0.919. The average Bonchev–Trinajstić information content (AvgIpc) is 3.09. The van der Waals surface area contributed by atoms with Crippen LogP contribution in [0.4, 0.5) is 5.13 Å². The summed E-state index contributed by atoms with van der Waals surface area (Å²) in [6, 6.07) is 8.09. The van der Waals surface area contributed by atoms with E-state index >= 15 is 0 Å². The Morgan fingerprint density at radius 3 is 2.56 bits per heavy atom. The maximum absolute atomic E-state index is 5.36. The van der Waals surface area contributed by atoms with Gasteiger partial charge in [-0.3, -0.25) is 0 Å². The molecule has 1 fully saturated rings. The number of hydrogen-bond acceptors (Lipinski definition) is 3. The Morgan fingerprint density at radius 2 is 1.89 bits per heavy atom. The first-order valence-corrected chi connectivity index (χ1v) is 6.96. The summed E-state index contributed by atoms with van der Waals surface area (Å²) >= 11 is 1.76. The van der Waals surface area contributed by atoms with E-state index in [0.717, 1.165) is 23.8 Å². The number of hydrogen-bond donors (Lipinski definition) is 0. The Kier molecular flexibility index (Phi) is 3.04. The number of rotatable bonds is 2. The SMILES string of the molecule is C#Cc1ccc(-c2cnc(N3CCCC3)s2)cc1. The topological polar surface area (TPSA) is 16.1 Å². The van der Waals surface area contributed by atoms with Crippen LogP contribution in [0.25, 0.3) is 10.4 Å². The summed E-state index contributed by atoms with van der Waals surface area (Å²) in [6.07, 6.45) is 9.89. The van der Waals surface area contributed by atoms with E-state index in [1.54, 1.807) is 11.3 Å². The van der Waals surface area contributed by atoms with E-state index in [1.807, 2.05) is 18.3 Å². The molecule has 1 aromatic carbocycles. The lowest BCUT2D eigenvalue weighted by molar-refractivity contribution is 0.949. The fraction of sp³-hybridized carbons (Fsp3) is 0.267. The van der Waals surface area contributed by atoms with Crippen molar-refractivity contribution in [1.82, 2.24) is 4.98 Å². The molecule has 1 saturated heterocycles. The first-order chi connectivity index (χ1) is 8.86. The van der Waals surface area contributed by atoms with E-state index in [9.17, 15) is 0 Å². The summed E-state index contributed by atoms with van der Waals surface area (Å²) in [7, 11) is 0. The summed E-state index contributed by atoms with van der Waals surface area (Å²) in [5, 5.41) is 1.14. The van der Waals surface area contributed by atoms with Crippen molar-refractivity contribution in [1.29, 1.82) is 0 Å². The lowest BCUT2D eigenvalue weighted by Crippen LogP contribution is -2.16. The van der Waals surface area contributed by atoms with Gasteiger partial charge in [-0.2, -0.15) is 0 Å². The van der Waals surface area contributed by atoms with Crippen LogP contribution in [0.15, 0.2) is 30.5 Å². The molecular weight excluding hydrogens is 240 g/mol. The lowest BCUT2D eigenvalue weighted by atomic mass is 10.1. The molecule has 0 N–H and O–H groups in total. The molecule has 0 amide bonds. The summed E-state index contributed by atoms with van der Waals surface area (Å²) < 4.78 is 0. The van der Waals surface area contributed by atoms with Crippen molar-refractivity contribution < 1.29 is 0 Å². The molecule has 2 nitrogen and oxygen atoms in total. The molecule has 2 aromatic rings. The smallest absolute Gasteiger partial charge is 0.185 e. The van der Waals surface area contributed by atoms with Gasteiger partial charge in [0.15, 0.2) is 5.13 Å². The number of thiazole rings is 1. The summed E-state index contributed by atoms with van der Waals surface area (Å²) in [6.45, 7) is 2.28. The van der Waals surface area contributed by atoms with Gasteiger partial charge in [-0.1, -0.05) is 29.4 Å². The van der Waals surface area contributed by atoms with Crippen LogP contribution in [0.1, 0.15) is 18.4 Å². The predicted octanol–water partition coefficient (Wildman–Crippen LogP) is 3.39. The number of nitrogens with zero attached hydrogens (tertiary/aromatic N) is 2. The Morgan fingerprint density at radius 1 is 1.17 bits per heavy atom. The second-order valence-electron chi connectivity index (χ2n) is 4.42. The van der Waals surface area contributed by atoms with E-state index < -0.39 is 0 Å². The largest absolute Gasteiger partial charge is 0.348 e.